The van der Waals surface area contributed by atoms with Crippen LogP contribution in [0.5, 0.6) is 5.88 Å². The molecular weight excluding hydrogens is 272 g/mol. The summed E-state index contributed by atoms with van der Waals surface area (Å²) in [7, 11) is 2.15. The van der Waals surface area contributed by atoms with E-state index in [9.17, 15) is 0 Å². The summed E-state index contributed by atoms with van der Waals surface area (Å²) in [6, 6.07) is 10.9. The monoisotopic (exact) mass is 290 g/mol. The smallest absolute Gasteiger partial charge is 0.221 e. The molecule has 3 rings (SSSR count). The van der Waals surface area contributed by atoms with E-state index in [0.29, 0.717) is 18.4 Å². The molecule has 1 saturated carbocycles. The van der Waals surface area contributed by atoms with Crippen LogP contribution in [0, 0.1) is 0 Å². The van der Waals surface area contributed by atoms with E-state index >= 15 is 0 Å². The molecule has 3 nitrogen and oxygen atoms in total. The van der Waals surface area contributed by atoms with Crippen LogP contribution in [0.25, 0.3) is 10.8 Å². The maximum absolute atomic E-state index is 5.91. The molecule has 0 bridgehead atoms. The van der Waals surface area contributed by atoms with Gasteiger partial charge in [-0.05, 0) is 37.4 Å². The largest absolute Gasteiger partial charge is 0.476 e. The van der Waals surface area contributed by atoms with Crippen molar-refractivity contribution in [3.8, 4) is 5.88 Å². The number of pyridine rings is 1. The number of likely N-dealkylation sites (N-methyl/N-ethyl adjacent to an activating group) is 1. The zero-order chi connectivity index (χ0) is 13.9. The number of halogens is 1. The maximum atomic E-state index is 5.91. The molecule has 0 unspecified atom stereocenters. The van der Waals surface area contributed by atoms with Gasteiger partial charge in [-0.15, -0.1) is 11.6 Å². The van der Waals surface area contributed by atoms with E-state index in [2.05, 4.69) is 23.0 Å². The normalized spacial score (nSPS) is 14.9. The lowest BCUT2D eigenvalue weighted by Gasteiger charge is -2.16. The average molecular weight is 291 g/mol. The van der Waals surface area contributed by atoms with Crippen LogP contribution in [-0.4, -0.2) is 36.1 Å². The van der Waals surface area contributed by atoms with Crippen molar-refractivity contribution in [3.05, 3.63) is 36.0 Å². The van der Waals surface area contributed by atoms with E-state index in [1.54, 1.807) is 0 Å². The highest BCUT2D eigenvalue weighted by Crippen LogP contribution is 2.26. The quantitative estimate of drug-likeness (QED) is 0.762. The molecule has 0 spiro atoms. The molecule has 0 atom stereocenters. The van der Waals surface area contributed by atoms with Gasteiger partial charge in [0.1, 0.15) is 6.61 Å². The molecule has 0 N–H and O–H groups in total. The topological polar surface area (TPSA) is 25.4 Å². The first-order valence-corrected chi connectivity index (χ1v) is 7.59. The fraction of sp³-hybridized carbons (Fsp3) is 0.438. The average Bonchev–Trinajstić information content (AvgIpc) is 3.31. The number of nitrogens with zero attached hydrogens (tertiary/aromatic N) is 2. The van der Waals surface area contributed by atoms with Crippen molar-refractivity contribution >= 4 is 22.4 Å². The minimum absolute atomic E-state index is 0.406. The molecule has 1 aromatic heterocycles. The fourth-order valence-corrected chi connectivity index (χ4v) is 2.52. The number of ether oxygens (including phenoxy) is 1. The zero-order valence-corrected chi connectivity index (χ0v) is 12.4. The summed E-state index contributed by atoms with van der Waals surface area (Å²) in [5.74, 6) is 1.10. The molecular formula is C16H19ClN2O. The van der Waals surface area contributed by atoms with Gasteiger partial charge in [0.25, 0.3) is 0 Å². The van der Waals surface area contributed by atoms with Gasteiger partial charge in [0, 0.05) is 18.0 Å². The number of rotatable bonds is 6. The zero-order valence-electron chi connectivity index (χ0n) is 11.7. The minimum atomic E-state index is 0.406. The summed E-state index contributed by atoms with van der Waals surface area (Å²) >= 11 is 5.91. The Labute approximate surface area is 124 Å². The lowest BCUT2D eigenvalue weighted by Crippen LogP contribution is -2.26. The number of benzene rings is 1. The third-order valence-electron chi connectivity index (χ3n) is 3.75. The van der Waals surface area contributed by atoms with E-state index < -0.39 is 0 Å². The highest BCUT2D eigenvalue weighted by Gasteiger charge is 2.25. The van der Waals surface area contributed by atoms with Crippen LogP contribution >= 0.6 is 11.6 Å². The molecule has 1 aromatic carbocycles. The van der Waals surface area contributed by atoms with Gasteiger partial charge in [-0.25, -0.2) is 4.98 Å². The predicted molar refractivity (Wildman–Crippen MR) is 82.4 cm³/mol. The lowest BCUT2D eigenvalue weighted by atomic mass is 10.1. The first-order valence-electron chi connectivity index (χ1n) is 7.05. The van der Waals surface area contributed by atoms with Gasteiger partial charge in [-0.1, -0.05) is 18.2 Å². The molecule has 0 saturated heterocycles. The SMILES string of the molecule is CN(CCOc1nc(CCl)cc2ccccc12)C1CC1. The van der Waals surface area contributed by atoms with Crippen molar-refractivity contribution < 1.29 is 4.74 Å². The molecule has 106 valence electrons. The van der Waals surface area contributed by atoms with Crippen LogP contribution in [-0.2, 0) is 5.88 Å². The summed E-state index contributed by atoms with van der Waals surface area (Å²) in [5.41, 5.74) is 0.857. The van der Waals surface area contributed by atoms with Gasteiger partial charge in [0.15, 0.2) is 0 Å². The standard InChI is InChI=1S/C16H19ClN2O/c1-19(14-6-7-14)8-9-20-16-15-5-3-2-4-12(15)10-13(11-17)18-16/h2-5,10,14H,6-9,11H2,1H3. The number of hydrogen-bond acceptors (Lipinski definition) is 3. The molecule has 2 aromatic rings. The van der Waals surface area contributed by atoms with Gasteiger partial charge in [0.2, 0.25) is 5.88 Å². The predicted octanol–water partition coefficient (Wildman–Crippen LogP) is 3.45. The molecule has 0 amide bonds. The van der Waals surface area contributed by atoms with Crippen molar-refractivity contribution in [1.29, 1.82) is 0 Å². The molecule has 20 heavy (non-hydrogen) atoms. The molecule has 0 radical (unpaired) electrons. The number of fused-ring (bicyclic) bond motifs is 1. The highest BCUT2D eigenvalue weighted by molar-refractivity contribution is 6.17. The second-order valence-electron chi connectivity index (χ2n) is 5.33. The van der Waals surface area contributed by atoms with Crippen molar-refractivity contribution in [1.82, 2.24) is 9.88 Å². The molecule has 0 aliphatic heterocycles. The van der Waals surface area contributed by atoms with E-state index in [1.807, 2.05) is 24.3 Å². The van der Waals surface area contributed by atoms with Gasteiger partial charge >= 0.3 is 0 Å². The Hall–Kier alpha value is -1.32. The molecule has 1 aliphatic carbocycles. The van der Waals surface area contributed by atoms with E-state index in [4.69, 9.17) is 16.3 Å². The third kappa shape index (κ3) is 3.05. The summed E-state index contributed by atoms with van der Waals surface area (Å²) in [6.45, 7) is 1.60. The second-order valence-corrected chi connectivity index (χ2v) is 5.60. The first kappa shape index (κ1) is 13.7. The van der Waals surface area contributed by atoms with Gasteiger partial charge < -0.3 is 9.64 Å². The Balaban J connectivity index is 1.75. The Morgan fingerprint density at radius 3 is 2.90 bits per heavy atom. The van der Waals surface area contributed by atoms with E-state index in [-0.39, 0.29) is 0 Å². The number of aromatic nitrogens is 1. The molecule has 1 aliphatic rings. The van der Waals surface area contributed by atoms with Crippen LogP contribution in [0.1, 0.15) is 18.5 Å². The van der Waals surface area contributed by atoms with E-state index in [1.165, 1.54) is 12.8 Å². The van der Waals surface area contributed by atoms with Gasteiger partial charge in [0.05, 0.1) is 11.6 Å². The van der Waals surface area contributed by atoms with Crippen LogP contribution in [0.2, 0.25) is 0 Å². The van der Waals surface area contributed by atoms with Crippen molar-refractivity contribution in [2.45, 2.75) is 24.8 Å². The summed E-state index contributed by atoms with van der Waals surface area (Å²) in [5, 5.41) is 2.18. The Bertz CT molecular complexity index is 598. The Kier molecular flexibility index (Phi) is 4.08. The Morgan fingerprint density at radius 2 is 2.15 bits per heavy atom. The summed E-state index contributed by atoms with van der Waals surface area (Å²) in [4.78, 5) is 6.86. The summed E-state index contributed by atoms with van der Waals surface area (Å²) in [6.07, 6.45) is 2.64. The van der Waals surface area contributed by atoms with Crippen LogP contribution < -0.4 is 4.74 Å². The molecule has 1 fully saturated rings. The van der Waals surface area contributed by atoms with E-state index in [0.717, 1.165) is 29.1 Å². The summed E-state index contributed by atoms with van der Waals surface area (Å²) < 4.78 is 5.90. The molecule has 1 heterocycles. The van der Waals surface area contributed by atoms with Crippen molar-refractivity contribution in [2.75, 3.05) is 20.2 Å². The molecule has 4 heteroatoms. The minimum Gasteiger partial charge on any atom is -0.476 e. The second kappa shape index (κ2) is 5.98. The van der Waals surface area contributed by atoms with Crippen LogP contribution in [0.4, 0.5) is 0 Å². The van der Waals surface area contributed by atoms with Crippen molar-refractivity contribution in [2.24, 2.45) is 0 Å². The maximum Gasteiger partial charge on any atom is 0.221 e. The van der Waals surface area contributed by atoms with Crippen molar-refractivity contribution in [3.63, 3.8) is 0 Å². The highest BCUT2D eigenvalue weighted by atomic mass is 35.5. The van der Waals surface area contributed by atoms with Crippen LogP contribution in [0.15, 0.2) is 30.3 Å². The van der Waals surface area contributed by atoms with Gasteiger partial charge in [-0.3, -0.25) is 0 Å². The Morgan fingerprint density at radius 1 is 1.35 bits per heavy atom. The first-order chi connectivity index (χ1) is 9.78. The third-order valence-corrected chi connectivity index (χ3v) is 4.02. The number of hydrogen-bond donors (Lipinski definition) is 0. The fourth-order valence-electron chi connectivity index (χ4n) is 2.38. The van der Waals surface area contributed by atoms with Crippen LogP contribution in [0.3, 0.4) is 0 Å². The number of alkyl halides is 1. The lowest BCUT2D eigenvalue weighted by molar-refractivity contribution is 0.228. The van der Waals surface area contributed by atoms with Gasteiger partial charge in [-0.2, -0.15) is 0 Å².